The van der Waals surface area contributed by atoms with Gasteiger partial charge in [0, 0.05) is 15.4 Å². The number of hydrogen-bond acceptors (Lipinski definition) is 3. The summed E-state index contributed by atoms with van der Waals surface area (Å²) < 4.78 is 1.10. The molecule has 2 rings (SSSR count). The summed E-state index contributed by atoms with van der Waals surface area (Å²) >= 11 is 9.31. The first-order valence-electron chi connectivity index (χ1n) is 4.61. The molecule has 0 radical (unpaired) electrons. The SMILES string of the molecule is SCCc1csc(-c2ccc(Br)cc2)n1. The summed E-state index contributed by atoms with van der Waals surface area (Å²) in [4.78, 5) is 4.55. The number of thiol groups is 1. The highest BCUT2D eigenvalue weighted by molar-refractivity contribution is 9.10. The second-order valence-electron chi connectivity index (χ2n) is 3.12. The maximum Gasteiger partial charge on any atom is 0.123 e. The van der Waals surface area contributed by atoms with Crippen molar-refractivity contribution < 1.29 is 0 Å². The van der Waals surface area contributed by atoms with E-state index in [0.29, 0.717) is 0 Å². The molecule has 0 fully saturated rings. The number of benzene rings is 1. The summed E-state index contributed by atoms with van der Waals surface area (Å²) in [6, 6.07) is 8.23. The first-order valence-corrected chi connectivity index (χ1v) is 6.91. The van der Waals surface area contributed by atoms with Gasteiger partial charge in [-0.25, -0.2) is 4.98 Å². The van der Waals surface area contributed by atoms with E-state index >= 15 is 0 Å². The third kappa shape index (κ3) is 2.83. The van der Waals surface area contributed by atoms with Gasteiger partial charge in [0.25, 0.3) is 0 Å². The lowest BCUT2D eigenvalue weighted by atomic mass is 10.2. The van der Waals surface area contributed by atoms with Crippen LogP contribution in [-0.4, -0.2) is 10.7 Å². The van der Waals surface area contributed by atoms with Crippen LogP contribution < -0.4 is 0 Å². The van der Waals surface area contributed by atoms with Gasteiger partial charge in [0.2, 0.25) is 0 Å². The van der Waals surface area contributed by atoms with E-state index in [2.05, 4.69) is 51.1 Å². The standard InChI is InChI=1S/C11H10BrNS2/c12-9-3-1-8(2-4-9)11-13-10(5-6-14)7-15-11/h1-4,7,14H,5-6H2. The van der Waals surface area contributed by atoms with E-state index in [-0.39, 0.29) is 0 Å². The van der Waals surface area contributed by atoms with E-state index in [1.165, 1.54) is 5.56 Å². The Labute approximate surface area is 107 Å². The van der Waals surface area contributed by atoms with Crippen LogP contribution in [0.5, 0.6) is 0 Å². The van der Waals surface area contributed by atoms with Crippen molar-refractivity contribution in [3.8, 4) is 10.6 Å². The zero-order chi connectivity index (χ0) is 10.7. The van der Waals surface area contributed by atoms with Gasteiger partial charge in [0.05, 0.1) is 5.69 Å². The molecule has 0 spiro atoms. The van der Waals surface area contributed by atoms with Gasteiger partial charge in [0.15, 0.2) is 0 Å². The van der Waals surface area contributed by atoms with Gasteiger partial charge in [-0.15, -0.1) is 11.3 Å². The molecule has 4 heteroatoms. The second-order valence-corrected chi connectivity index (χ2v) is 5.35. The molecule has 78 valence electrons. The lowest BCUT2D eigenvalue weighted by Gasteiger charge is -1.95. The predicted octanol–water partition coefficient (Wildman–Crippen LogP) is 4.04. The predicted molar refractivity (Wildman–Crippen MR) is 72.8 cm³/mol. The summed E-state index contributed by atoms with van der Waals surface area (Å²) in [6.45, 7) is 0. The van der Waals surface area contributed by atoms with Crippen LogP contribution >= 0.6 is 39.9 Å². The largest absolute Gasteiger partial charge is 0.241 e. The van der Waals surface area contributed by atoms with Crippen LogP contribution in [0.25, 0.3) is 10.6 Å². The molecular weight excluding hydrogens is 290 g/mol. The van der Waals surface area contributed by atoms with E-state index in [4.69, 9.17) is 0 Å². The van der Waals surface area contributed by atoms with Crippen molar-refractivity contribution in [2.45, 2.75) is 6.42 Å². The number of hydrogen-bond donors (Lipinski definition) is 1. The summed E-state index contributed by atoms with van der Waals surface area (Å²) in [5, 5.41) is 3.19. The molecule has 0 aliphatic rings. The number of halogens is 1. The fourth-order valence-corrected chi connectivity index (χ4v) is 2.62. The third-order valence-electron chi connectivity index (χ3n) is 2.01. The van der Waals surface area contributed by atoms with Gasteiger partial charge in [-0.3, -0.25) is 0 Å². The molecule has 1 heterocycles. The van der Waals surface area contributed by atoms with E-state index < -0.39 is 0 Å². The molecule has 0 aliphatic heterocycles. The Morgan fingerprint density at radius 2 is 2.00 bits per heavy atom. The van der Waals surface area contributed by atoms with E-state index in [1.807, 2.05) is 12.1 Å². The van der Waals surface area contributed by atoms with Gasteiger partial charge in [-0.2, -0.15) is 12.6 Å². The Kier molecular flexibility index (Phi) is 3.83. The highest BCUT2D eigenvalue weighted by Crippen LogP contribution is 2.25. The molecular formula is C11H10BrNS2. The van der Waals surface area contributed by atoms with Gasteiger partial charge in [-0.1, -0.05) is 28.1 Å². The zero-order valence-corrected chi connectivity index (χ0v) is 11.3. The van der Waals surface area contributed by atoms with Crippen molar-refractivity contribution >= 4 is 39.9 Å². The first kappa shape index (κ1) is 11.2. The lowest BCUT2D eigenvalue weighted by molar-refractivity contribution is 1.08. The number of nitrogens with zero attached hydrogens (tertiary/aromatic N) is 1. The second kappa shape index (κ2) is 5.14. The average Bonchev–Trinajstić information content (AvgIpc) is 2.68. The minimum absolute atomic E-state index is 0.851. The van der Waals surface area contributed by atoms with E-state index in [0.717, 1.165) is 27.3 Å². The minimum Gasteiger partial charge on any atom is -0.241 e. The number of aryl methyl sites for hydroxylation is 1. The van der Waals surface area contributed by atoms with Gasteiger partial charge in [0.1, 0.15) is 5.01 Å². The maximum atomic E-state index is 4.55. The molecule has 1 nitrogen and oxygen atoms in total. The van der Waals surface area contributed by atoms with Gasteiger partial charge < -0.3 is 0 Å². The minimum atomic E-state index is 0.851. The number of rotatable bonds is 3. The Bertz CT molecular complexity index is 436. The average molecular weight is 300 g/mol. The molecule has 0 atom stereocenters. The van der Waals surface area contributed by atoms with Crippen LogP contribution in [0.15, 0.2) is 34.1 Å². The van der Waals surface area contributed by atoms with Crippen LogP contribution in [0.2, 0.25) is 0 Å². The first-order chi connectivity index (χ1) is 7.29. The topological polar surface area (TPSA) is 12.9 Å². The highest BCUT2D eigenvalue weighted by Gasteiger charge is 2.03. The van der Waals surface area contributed by atoms with Gasteiger partial charge >= 0.3 is 0 Å². The fraction of sp³-hybridized carbons (Fsp3) is 0.182. The third-order valence-corrected chi connectivity index (χ3v) is 3.70. The molecule has 0 N–H and O–H groups in total. The summed E-state index contributed by atoms with van der Waals surface area (Å²) in [5.41, 5.74) is 2.31. The van der Waals surface area contributed by atoms with Crippen molar-refractivity contribution in [1.29, 1.82) is 0 Å². The number of thiazole rings is 1. The molecule has 2 aromatic rings. The van der Waals surface area contributed by atoms with E-state index in [9.17, 15) is 0 Å². The van der Waals surface area contributed by atoms with Crippen molar-refractivity contribution in [2.24, 2.45) is 0 Å². The van der Waals surface area contributed by atoms with Crippen LogP contribution in [0.4, 0.5) is 0 Å². The maximum absolute atomic E-state index is 4.55. The molecule has 0 aliphatic carbocycles. The lowest BCUT2D eigenvalue weighted by Crippen LogP contribution is -1.85. The highest BCUT2D eigenvalue weighted by atomic mass is 79.9. The Balaban J connectivity index is 2.25. The van der Waals surface area contributed by atoms with Crippen LogP contribution in [0.1, 0.15) is 5.69 Å². The van der Waals surface area contributed by atoms with Crippen molar-refractivity contribution in [3.05, 3.63) is 39.8 Å². The summed E-state index contributed by atoms with van der Waals surface area (Å²) in [5.74, 6) is 0.851. The van der Waals surface area contributed by atoms with E-state index in [1.54, 1.807) is 11.3 Å². The Morgan fingerprint density at radius 1 is 1.27 bits per heavy atom. The molecule has 0 saturated carbocycles. The smallest absolute Gasteiger partial charge is 0.123 e. The fourth-order valence-electron chi connectivity index (χ4n) is 1.26. The molecule has 15 heavy (non-hydrogen) atoms. The van der Waals surface area contributed by atoms with Gasteiger partial charge in [-0.05, 0) is 24.3 Å². The zero-order valence-electron chi connectivity index (χ0n) is 7.98. The molecule has 1 aromatic carbocycles. The van der Waals surface area contributed by atoms with Crippen LogP contribution in [0, 0.1) is 0 Å². The molecule has 0 unspecified atom stereocenters. The molecule has 0 amide bonds. The molecule has 0 saturated heterocycles. The van der Waals surface area contributed by atoms with Crippen molar-refractivity contribution in [1.82, 2.24) is 4.98 Å². The number of aromatic nitrogens is 1. The molecule has 0 bridgehead atoms. The van der Waals surface area contributed by atoms with Crippen molar-refractivity contribution in [2.75, 3.05) is 5.75 Å². The monoisotopic (exact) mass is 299 g/mol. The summed E-state index contributed by atoms with van der Waals surface area (Å²) in [6.07, 6.45) is 0.941. The van der Waals surface area contributed by atoms with Crippen LogP contribution in [0.3, 0.4) is 0 Å². The quantitative estimate of drug-likeness (QED) is 0.844. The Hall–Kier alpha value is -0.320. The normalized spacial score (nSPS) is 10.5. The van der Waals surface area contributed by atoms with Crippen LogP contribution in [-0.2, 0) is 6.42 Å². The molecule has 1 aromatic heterocycles. The van der Waals surface area contributed by atoms with Crippen molar-refractivity contribution in [3.63, 3.8) is 0 Å². The Morgan fingerprint density at radius 3 is 2.67 bits per heavy atom. The summed E-state index contributed by atoms with van der Waals surface area (Å²) in [7, 11) is 0.